The van der Waals surface area contributed by atoms with Crippen molar-refractivity contribution in [2.45, 2.75) is 24.7 Å². The first-order valence-corrected chi connectivity index (χ1v) is 15.2. The summed E-state index contributed by atoms with van der Waals surface area (Å²) >= 11 is 6.57. The molecule has 214 valence electrons. The van der Waals surface area contributed by atoms with Crippen LogP contribution < -0.4 is 20.1 Å². The second-order valence-electron chi connectivity index (χ2n) is 10.3. The van der Waals surface area contributed by atoms with Crippen molar-refractivity contribution in [2.24, 2.45) is 0 Å². The van der Waals surface area contributed by atoms with Gasteiger partial charge in [0.2, 0.25) is 11.8 Å². The van der Waals surface area contributed by atoms with Crippen LogP contribution in [0.15, 0.2) is 77.7 Å². The van der Waals surface area contributed by atoms with Gasteiger partial charge in [-0.15, -0.1) is 0 Å². The van der Waals surface area contributed by atoms with E-state index < -0.39 is 10.0 Å². The van der Waals surface area contributed by atoms with Gasteiger partial charge in [0.25, 0.3) is 10.0 Å². The third kappa shape index (κ3) is 6.73. The van der Waals surface area contributed by atoms with Crippen molar-refractivity contribution in [1.82, 2.24) is 14.9 Å². The van der Waals surface area contributed by atoms with Crippen LogP contribution in [0.5, 0.6) is 11.6 Å². The number of aromatic nitrogens is 2. The molecule has 1 fully saturated rings. The minimum Gasteiger partial charge on any atom is -0.439 e. The summed E-state index contributed by atoms with van der Waals surface area (Å²) in [7, 11) is -1.92. The molecule has 1 aromatic heterocycles. The predicted octanol–water partition coefficient (Wildman–Crippen LogP) is 5.85. The van der Waals surface area contributed by atoms with E-state index in [2.05, 4.69) is 45.4 Å². The van der Waals surface area contributed by atoms with Gasteiger partial charge in [-0.2, -0.15) is 4.98 Å². The third-order valence-corrected chi connectivity index (χ3v) is 8.58. The lowest BCUT2D eigenvalue weighted by Gasteiger charge is -2.34. The molecular weight excluding hydrogens is 560 g/mol. The highest BCUT2D eigenvalue weighted by molar-refractivity contribution is 7.92. The summed E-state index contributed by atoms with van der Waals surface area (Å²) in [6.07, 6.45) is 0. The first-order valence-electron chi connectivity index (χ1n) is 13.4. The first kappa shape index (κ1) is 28.7. The first-order chi connectivity index (χ1) is 19.6. The van der Waals surface area contributed by atoms with Crippen LogP contribution in [0.3, 0.4) is 0 Å². The average molecular weight is 593 g/mol. The third-order valence-electron chi connectivity index (χ3n) is 6.94. The fourth-order valence-corrected chi connectivity index (χ4v) is 5.96. The number of halogens is 1. The van der Waals surface area contributed by atoms with Crippen LogP contribution in [-0.4, -0.2) is 56.5 Å². The Labute approximate surface area is 246 Å². The molecule has 0 spiro atoms. The van der Waals surface area contributed by atoms with Crippen LogP contribution in [0.1, 0.15) is 25.3 Å². The summed E-state index contributed by atoms with van der Waals surface area (Å²) < 4.78 is 35.2. The van der Waals surface area contributed by atoms with Crippen molar-refractivity contribution < 1.29 is 13.2 Å². The summed E-state index contributed by atoms with van der Waals surface area (Å²) in [4.78, 5) is 13.5. The Kier molecular flexibility index (Phi) is 8.35. The van der Waals surface area contributed by atoms with E-state index in [1.165, 1.54) is 12.1 Å². The van der Waals surface area contributed by atoms with Crippen molar-refractivity contribution in [3.63, 3.8) is 0 Å². The molecule has 9 nitrogen and oxygen atoms in total. The van der Waals surface area contributed by atoms with Crippen LogP contribution in [0.25, 0.3) is 11.3 Å². The minimum absolute atomic E-state index is 0.00562. The van der Waals surface area contributed by atoms with E-state index in [-0.39, 0.29) is 22.6 Å². The van der Waals surface area contributed by atoms with Gasteiger partial charge in [-0.25, -0.2) is 18.1 Å². The number of nitrogens with two attached hydrogens (primary N) is 1. The maximum Gasteiger partial charge on any atom is 0.264 e. The van der Waals surface area contributed by atoms with Crippen molar-refractivity contribution in [3.8, 4) is 22.9 Å². The molecule has 1 saturated heterocycles. The van der Waals surface area contributed by atoms with E-state index in [1.54, 1.807) is 30.3 Å². The summed E-state index contributed by atoms with van der Waals surface area (Å²) in [5.41, 5.74) is 9.47. The number of sulfonamides is 1. The van der Waals surface area contributed by atoms with Gasteiger partial charge >= 0.3 is 0 Å². The molecule has 0 unspecified atom stereocenters. The molecule has 1 aliphatic rings. The fourth-order valence-electron chi connectivity index (χ4n) is 4.72. The maximum absolute atomic E-state index is 13.2. The minimum atomic E-state index is -4.02. The summed E-state index contributed by atoms with van der Waals surface area (Å²) in [6, 6.07) is 21.1. The lowest BCUT2D eigenvalue weighted by molar-refractivity contribution is 0.313. The monoisotopic (exact) mass is 592 g/mol. The number of anilines is 3. The molecule has 41 heavy (non-hydrogen) atoms. The van der Waals surface area contributed by atoms with Gasteiger partial charge in [-0.1, -0.05) is 55.8 Å². The van der Waals surface area contributed by atoms with Crippen LogP contribution in [0, 0.1) is 0 Å². The number of benzene rings is 3. The number of hydrogen-bond donors (Lipinski definition) is 2. The zero-order chi connectivity index (χ0) is 29.1. The molecule has 3 N–H and O–H groups in total. The summed E-state index contributed by atoms with van der Waals surface area (Å²) in [5, 5.41) is 0.631. The van der Waals surface area contributed by atoms with E-state index in [4.69, 9.17) is 22.1 Å². The van der Waals surface area contributed by atoms with E-state index in [0.29, 0.717) is 22.2 Å². The van der Waals surface area contributed by atoms with Gasteiger partial charge in [0.05, 0.1) is 21.3 Å². The molecule has 4 aromatic rings. The fraction of sp³-hybridized carbons (Fsp3) is 0.267. The lowest BCUT2D eigenvalue weighted by Crippen LogP contribution is -2.44. The van der Waals surface area contributed by atoms with E-state index >= 15 is 0 Å². The van der Waals surface area contributed by atoms with Crippen molar-refractivity contribution in [2.75, 3.05) is 48.6 Å². The molecule has 0 bridgehead atoms. The largest absolute Gasteiger partial charge is 0.439 e. The molecule has 0 saturated carbocycles. The summed E-state index contributed by atoms with van der Waals surface area (Å²) in [6.45, 7) is 7.74. The molecule has 0 amide bonds. The highest BCUT2D eigenvalue weighted by atomic mass is 35.5. The molecule has 5 rings (SSSR count). The highest BCUT2D eigenvalue weighted by Gasteiger charge is 2.21. The van der Waals surface area contributed by atoms with Crippen molar-refractivity contribution in [3.05, 3.63) is 83.4 Å². The Balaban J connectivity index is 1.54. The number of rotatable bonds is 8. The Hall–Kier alpha value is -3.86. The molecule has 3 aromatic carbocycles. The van der Waals surface area contributed by atoms with Crippen molar-refractivity contribution >= 4 is 38.9 Å². The predicted molar refractivity (Wildman–Crippen MR) is 164 cm³/mol. The topological polar surface area (TPSA) is 114 Å². The molecule has 11 heteroatoms. The number of nitrogens with zero attached hydrogens (tertiary/aromatic N) is 4. The number of hydrogen-bond acceptors (Lipinski definition) is 8. The normalized spacial score (nSPS) is 14.3. The molecule has 1 aliphatic heterocycles. The van der Waals surface area contributed by atoms with Crippen LogP contribution in [0.4, 0.5) is 17.3 Å². The van der Waals surface area contributed by atoms with Crippen LogP contribution in [0.2, 0.25) is 5.02 Å². The second kappa shape index (κ2) is 11.9. The summed E-state index contributed by atoms with van der Waals surface area (Å²) in [5.74, 6) is 0.798. The molecule has 2 heterocycles. The molecule has 0 atom stereocenters. The molecule has 0 aliphatic carbocycles. The zero-order valence-electron chi connectivity index (χ0n) is 23.2. The van der Waals surface area contributed by atoms with Gasteiger partial charge in [0.1, 0.15) is 5.75 Å². The Morgan fingerprint density at radius 3 is 2.44 bits per heavy atom. The molecule has 0 radical (unpaired) electrons. The average Bonchev–Trinajstić information content (AvgIpc) is 2.94. The number of ether oxygens (including phenoxy) is 1. The van der Waals surface area contributed by atoms with E-state index in [9.17, 15) is 8.42 Å². The van der Waals surface area contributed by atoms with E-state index in [0.717, 1.165) is 43.0 Å². The maximum atomic E-state index is 13.2. The van der Waals surface area contributed by atoms with Crippen LogP contribution >= 0.6 is 11.6 Å². The number of piperazine rings is 1. The van der Waals surface area contributed by atoms with Gasteiger partial charge in [0, 0.05) is 49.6 Å². The van der Waals surface area contributed by atoms with Crippen LogP contribution in [-0.2, 0) is 10.0 Å². The zero-order valence-corrected chi connectivity index (χ0v) is 24.8. The number of nitrogens with one attached hydrogen (secondary N) is 1. The van der Waals surface area contributed by atoms with Gasteiger partial charge < -0.3 is 20.3 Å². The van der Waals surface area contributed by atoms with Gasteiger partial charge in [0.15, 0.2) is 0 Å². The number of nitrogen functional groups attached to an aromatic ring is 1. The van der Waals surface area contributed by atoms with Crippen molar-refractivity contribution in [1.29, 1.82) is 0 Å². The van der Waals surface area contributed by atoms with Gasteiger partial charge in [-0.3, -0.25) is 0 Å². The Morgan fingerprint density at radius 1 is 0.951 bits per heavy atom. The number of likely N-dealkylation sites (N-methyl/N-ethyl adjacent to an activating group) is 1. The Bertz CT molecular complexity index is 1660. The standard InChI is InChI=1S/C30H33ClN6O3S/c1-20(2)24-9-4-5-10-25(24)27-19-29(34-30(33-27)35-41(38,39)23-8-6-7-21(32)17-23)40-22-11-12-26(31)28(18-22)37-15-13-36(3)14-16-37/h4-12,17-20H,13-16,32H2,1-3H3,(H,33,34,35). The second-order valence-corrected chi connectivity index (χ2v) is 12.4. The quantitative estimate of drug-likeness (QED) is 0.245. The SMILES string of the molecule is CC(C)c1ccccc1-c1cc(Oc2ccc(Cl)c(N3CCN(C)CC3)c2)nc(NS(=O)(=O)c2cccc(N)c2)n1. The van der Waals surface area contributed by atoms with E-state index in [1.807, 2.05) is 30.3 Å². The highest BCUT2D eigenvalue weighted by Crippen LogP contribution is 2.35. The Morgan fingerprint density at radius 2 is 1.71 bits per heavy atom. The van der Waals surface area contributed by atoms with Gasteiger partial charge in [-0.05, 0) is 48.9 Å². The smallest absolute Gasteiger partial charge is 0.264 e. The molecular formula is C30H33ClN6O3S. The lowest BCUT2D eigenvalue weighted by atomic mass is 9.95.